The van der Waals surface area contributed by atoms with Crippen LogP contribution in [0.4, 0.5) is 0 Å². The summed E-state index contributed by atoms with van der Waals surface area (Å²) in [5.74, 6) is 0. The third-order valence-corrected chi connectivity index (χ3v) is 5.26. The maximum Gasteiger partial charge on any atom is 0.0465 e. The second kappa shape index (κ2) is 6.72. The molecule has 118 valence electrons. The minimum absolute atomic E-state index is 1.08. The van der Waals surface area contributed by atoms with E-state index in [0.717, 1.165) is 6.54 Å². The van der Waals surface area contributed by atoms with Crippen molar-refractivity contribution in [2.45, 2.75) is 20.4 Å². The van der Waals surface area contributed by atoms with E-state index in [4.69, 9.17) is 0 Å². The van der Waals surface area contributed by atoms with Crippen molar-refractivity contribution in [2.75, 3.05) is 33.2 Å². The minimum atomic E-state index is 1.08. The molecule has 1 fully saturated rings. The van der Waals surface area contributed by atoms with Crippen LogP contribution in [-0.2, 0) is 6.54 Å². The fraction of sp³-hybridized carbons (Fsp3) is 0.444. The zero-order valence-electron chi connectivity index (χ0n) is 13.6. The first-order valence-electron chi connectivity index (χ1n) is 7.88. The molecule has 0 radical (unpaired) electrons. The van der Waals surface area contributed by atoms with Crippen LogP contribution in [0.25, 0.3) is 11.3 Å². The van der Waals surface area contributed by atoms with Crippen molar-refractivity contribution in [3.8, 4) is 11.3 Å². The summed E-state index contributed by atoms with van der Waals surface area (Å²) in [7, 11) is 2.21. The number of aryl methyl sites for hydroxylation is 2. The molecule has 0 unspecified atom stereocenters. The van der Waals surface area contributed by atoms with Crippen LogP contribution in [0.3, 0.4) is 0 Å². The Hall–Kier alpha value is -0.850. The molecule has 0 spiro atoms. The van der Waals surface area contributed by atoms with E-state index in [2.05, 4.69) is 82.7 Å². The average molecular weight is 409 g/mol. The first kappa shape index (κ1) is 16.0. The zero-order chi connectivity index (χ0) is 15.7. The molecule has 0 bridgehead atoms. The van der Waals surface area contributed by atoms with Crippen molar-refractivity contribution in [3.05, 3.63) is 44.7 Å². The number of hydrogen-bond acceptors (Lipinski definition) is 2. The Morgan fingerprint density at radius 2 is 1.68 bits per heavy atom. The van der Waals surface area contributed by atoms with Gasteiger partial charge in [-0.2, -0.15) is 0 Å². The van der Waals surface area contributed by atoms with Crippen LogP contribution in [0.15, 0.2) is 24.4 Å². The summed E-state index contributed by atoms with van der Waals surface area (Å²) >= 11 is 2.35. The van der Waals surface area contributed by atoms with Crippen molar-refractivity contribution < 1.29 is 0 Å². The van der Waals surface area contributed by atoms with Gasteiger partial charge in [0, 0.05) is 48.2 Å². The summed E-state index contributed by atoms with van der Waals surface area (Å²) in [5.41, 5.74) is 6.80. The molecule has 3 rings (SSSR count). The van der Waals surface area contributed by atoms with Gasteiger partial charge in [-0.1, -0.05) is 0 Å². The van der Waals surface area contributed by atoms with E-state index in [1.54, 1.807) is 0 Å². The summed E-state index contributed by atoms with van der Waals surface area (Å²) < 4.78 is 1.25. The zero-order valence-corrected chi connectivity index (χ0v) is 15.8. The fourth-order valence-electron chi connectivity index (χ4n) is 3.16. The number of nitrogens with zero attached hydrogens (tertiary/aromatic N) is 2. The SMILES string of the molecule is Cc1cc(-c2cc(I)c[nH]2)cc(C)c1CN1CCN(C)CC1. The van der Waals surface area contributed by atoms with Gasteiger partial charge in [-0.3, -0.25) is 4.90 Å². The van der Waals surface area contributed by atoms with Gasteiger partial charge >= 0.3 is 0 Å². The molecule has 4 heteroatoms. The van der Waals surface area contributed by atoms with Crippen LogP contribution in [-0.4, -0.2) is 48.0 Å². The molecule has 1 aliphatic rings. The fourth-order valence-corrected chi connectivity index (χ4v) is 3.63. The van der Waals surface area contributed by atoms with Crippen LogP contribution in [0.5, 0.6) is 0 Å². The quantitative estimate of drug-likeness (QED) is 0.782. The number of likely N-dealkylation sites (N-methyl/N-ethyl adjacent to an activating group) is 1. The molecular formula is C18H24IN3. The number of H-pyrrole nitrogens is 1. The summed E-state index contributed by atoms with van der Waals surface area (Å²) in [6, 6.07) is 6.84. The molecule has 1 N–H and O–H groups in total. The predicted molar refractivity (Wildman–Crippen MR) is 101 cm³/mol. The first-order valence-corrected chi connectivity index (χ1v) is 8.96. The molecule has 1 aliphatic heterocycles. The highest BCUT2D eigenvalue weighted by molar-refractivity contribution is 14.1. The predicted octanol–water partition coefficient (Wildman–Crippen LogP) is 3.65. The summed E-state index contributed by atoms with van der Waals surface area (Å²) in [5, 5.41) is 0. The Labute approximate surface area is 146 Å². The standard InChI is InChI=1S/C18H24IN3/c1-13-8-15(18-10-16(19)11-20-18)9-14(2)17(13)12-22-6-4-21(3)5-7-22/h8-11,20H,4-7,12H2,1-3H3. The Bertz CT molecular complexity index is 631. The molecule has 0 atom stereocenters. The van der Waals surface area contributed by atoms with Gasteiger partial charge in [0.1, 0.15) is 0 Å². The Kier molecular flexibility index (Phi) is 4.90. The summed E-state index contributed by atoms with van der Waals surface area (Å²) in [4.78, 5) is 8.34. The van der Waals surface area contributed by atoms with E-state index in [-0.39, 0.29) is 0 Å². The van der Waals surface area contributed by atoms with E-state index in [1.165, 1.54) is 57.7 Å². The Morgan fingerprint density at radius 1 is 1.05 bits per heavy atom. The number of aromatic amines is 1. The molecule has 0 saturated carbocycles. The Balaban J connectivity index is 1.81. The molecule has 3 nitrogen and oxygen atoms in total. The van der Waals surface area contributed by atoms with Crippen LogP contribution < -0.4 is 0 Å². The molecule has 0 amide bonds. The van der Waals surface area contributed by atoms with Gasteiger partial charge in [0.15, 0.2) is 0 Å². The van der Waals surface area contributed by atoms with E-state index >= 15 is 0 Å². The molecule has 1 aromatic carbocycles. The highest BCUT2D eigenvalue weighted by atomic mass is 127. The van der Waals surface area contributed by atoms with Crippen LogP contribution in [0.1, 0.15) is 16.7 Å². The number of benzene rings is 1. The van der Waals surface area contributed by atoms with Crippen molar-refractivity contribution >= 4 is 22.6 Å². The average Bonchev–Trinajstić information content (AvgIpc) is 2.91. The normalized spacial score (nSPS) is 17.1. The highest BCUT2D eigenvalue weighted by Crippen LogP contribution is 2.26. The van der Waals surface area contributed by atoms with Gasteiger partial charge in [0.2, 0.25) is 0 Å². The molecule has 22 heavy (non-hydrogen) atoms. The lowest BCUT2D eigenvalue weighted by molar-refractivity contribution is 0.148. The van der Waals surface area contributed by atoms with Gasteiger partial charge in [0.25, 0.3) is 0 Å². The molecule has 1 aromatic heterocycles. The van der Waals surface area contributed by atoms with Gasteiger partial charge in [-0.15, -0.1) is 0 Å². The summed E-state index contributed by atoms with van der Waals surface area (Å²) in [6.07, 6.45) is 2.05. The third-order valence-electron chi connectivity index (χ3n) is 4.63. The molecule has 0 aliphatic carbocycles. The maximum absolute atomic E-state index is 3.36. The molecule has 1 saturated heterocycles. The van der Waals surface area contributed by atoms with E-state index in [0.29, 0.717) is 0 Å². The monoisotopic (exact) mass is 409 g/mol. The van der Waals surface area contributed by atoms with Gasteiger partial charge in [0.05, 0.1) is 0 Å². The van der Waals surface area contributed by atoms with Gasteiger partial charge in [-0.25, -0.2) is 0 Å². The second-order valence-electron chi connectivity index (χ2n) is 6.40. The summed E-state index contributed by atoms with van der Waals surface area (Å²) in [6.45, 7) is 10.3. The van der Waals surface area contributed by atoms with Crippen LogP contribution in [0.2, 0.25) is 0 Å². The largest absolute Gasteiger partial charge is 0.360 e. The number of rotatable bonds is 3. The molecular weight excluding hydrogens is 385 g/mol. The first-order chi connectivity index (χ1) is 10.5. The highest BCUT2D eigenvalue weighted by Gasteiger charge is 2.16. The molecule has 2 heterocycles. The van der Waals surface area contributed by atoms with Crippen molar-refractivity contribution in [1.82, 2.24) is 14.8 Å². The number of nitrogens with one attached hydrogen (secondary N) is 1. The van der Waals surface area contributed by atoms with E-state index in [1.807, 2.05) is 0 Å². The number of halogens is 1. The maximum atomic E-state index is 3.36. The number of hydrogen-bond donors (Lipinski definition) is 1. The second-order valence-corrected chi connectivity index (χ2v) is 7.65. The number of piperazine rings is 1. The van der Waals surface area contributed by atoms with Crippen molar-refractivity contribution in [2.24, 2.45) is 0 Å². The smallest absolute Gasteiger partial charge is 0.0465 e. The third kappa shape index (κ3) is 3.55. The van der Waals surface area contributed by atoms with Crippen LogP contribution >= 0.6 is 22.6 Å². The van der Waals surface area contributed by atoms with E-state index in [9.17, 15) is 0 Å². The van der Waals surface area contributed by atoms with Crippen molar-refractivity contribution in [1.29, 1.82) is 0 Å². The van der Waals surface area contributed by atoms with Gasteiger partial charge in [-0.05, 0) is 83.9 Å². The molecule has 2 aromatic rings. The van der Waals surface area contributed by atoms with E-state index < -0.39 is 0 Å². The van der Waals surface area contributed by atoms with Crippen molar-refractivity contribution in [3.63, 3.8) is 0 Å². The minimum Gasteiger partial charge on any atom is -0.360 e. The number of aromatic nitrogens is 1. The Morgan fingerprint density at radius 3 is 2.23 bits per heavy atom. The topological polar surface area (TPSA) is 22.3 Å². The lowest BCUT2D eigenvalue weighted by Crippen LogP contribution is -2.44. The lowest BCUT2D eigenvalue weighted by Gasteiger charge is -2.33. The van der Waals surface area contributed by atoms with Crippen LogP contribution in [0, 0.1) is 17.4 Å². The van der Waals surface area contributed by atoms with Gasteiger partial charge < -0.3 is 9.88 Å². The lowest BCUT2D eigenvalue weighted by atomic mass is 9.97.